The molecular weight excluding hydrogens is 444 g/mol. The lowest BCUT2D eigenvalue weighted by atomic mass is 9.77. The number of hydrogen-bond acceptors (Lipinski definition) is 0. The van der Waals surface area contributed by atoms with E-state index in [0.717, 1.165) is 17.8 Å². The zero-order valence-corrected chi connectivity index (χ0v) is 24.2. The van der Waals surface area contributed by atoms with Gasteiger partial charge in [-0.25, -0.2) is 0 Å². The van der Waals surface area contributed by atoms with Gasteiger partial charge in [-0.2, -0.15) is 0 Å². The number of allylic oxidation sites excluding steroid dienone is 2. The molecule has 0 heteroatoms. The van der Waals surface area contributed by atoms with Gasteiger partial charge in [0, 0.05) is 0 Å². The van der Waals surface area contributed by atoms with Gasteiger partial charge in [-0.05, 0) is 90.5 Å². The Labute approximate surface area is 229 Å². The smallest absolute Gasteiger partial charge is 0.0162 e. The Hall–Kier alpha value is -1.82. The molecular formula is C37H54. The average molecular weight is 499 g/mol. The van der Waals surface area contributed by atoms with Crippen molar-refractivity contribution >= 4 is 5.57 Å². The van der Waals surface area contributed by atoms with Crippen LogP contribution >= 0.6 is 0 Å². The highest BCUT2D eigenvalue weighted by Crippen LogP contribution is 2.39. The summed E-state index contributed by atoms with van der Waals surface area (Å²) in [6, 6.07) is 18.9. The third kappa shape index (κ3) is 8.87. The van der Waals surface area contributed by atoms with E-state index in [1.165, 1.54) is 132 Å². The number of benzene rings is 2. The molecule has 1 fully saturated rings. The van der Waals surface area contributed by atoms with Gasteiger partial charge in [0.2, 0.25) is 0 Å². The van der Waals surface area contributed by atoms with Crippen LogP contribution in [0.15, 0.2) is 54.6 Å². The SMILES string of the molecule is CCCCCCCCCC[C@H]1CC[C@H](c2ccc(-c3ccc(C4=CCC(CCC)CC4)cc3)cc2)CC1. The predicted molar refractivity (Wildman–Crippen MR) is 164 cm³/mol. The minimum Gasteiger partial charge on any atom is -0.0804 e. The third-order valence-corrected chi connectivity index (χ3v) is 9.50. The van der Waals surface area contributed by atoms with Gasteiger partial charge in [-0.1, -0.05) is 139 Å². The van der Waals surface area contributed by atoms with Crippen LogP contribution in [-0.4, -0.2) is 0 Å². The molecule has 0 amide bonds. The number of unbranched alkanes of at least 4 members (excludes halogenated alkanes) is 7. The van der Waals surface area contributed by atoms with Crippen molar-refractivity contribution in [2.24, 2.45) is 11.8 Å². The topological polar surface area (TPSA) is 0 Å². The van der Waals surface area contributed by atoms with Crippen LogP contribution in [0.2, 0.25) is 0 Å². The molecule has 0 bridgehead atoms. The molecule has 2 aromatic rings. The van der Waals surface area contributed by atoms with Crippen LogP contribution in [0.25, 0.3) is 16.7 Å². The minimum atomic E-state index is 0.779. The van der Waals surface area contributed by atoms with E-state index in [1.54, 1.807) is 11.1 Å². The van der Waals surface area contributed by atoms with Crippen molar-refractivity contribution in [2.45, 2.75) is 135 Å². The van der Waals surface area contributed by atoms with Crippen LogP contribution in [0.3, 0.4) is 0 Å². The Morgan fingerprint density at radius 3 is 1.73 bits per heavy atom. The molecule has 1 atom stereocenters. The second kappa shape index (κ2) is 15.6. The fourth-order valence-corrected chi connectivity index (χ4v) is 7.00. The summed E-state index contributed by atoms with van der Waals surface area (Å²) >= 11 is 0. The molecule has 0 heterocycles. The van der Waals surface area contributed by atoms with E-state index >= 15 is 0 Å². The highest BCUT2D eigenvalue weighted by molar-refractivity contribution is 5.71. The van der Waals surface area contributed by atoms with E-state index in [9.17, 15) is 0 Å². The summed E-state index contributed by atoms with van der Waals surface area (Å²) in [7, 11) is 0. The van der Waals surface area contributed by atoms with Crippen LogP contribution in [-0.2, 0) is 0 Å². The maximum absolute atomic E-state index is 2.51. The van der Waals surface area contributed by atoms with Gasteiger partial charge in [-0.15, -0.1) is 0 Å². The van der Waals surface area contributed by atoms with Gasteiger partial charge in [0.1, 0.15) is 0 Å². The van der Waals surface area contributed by atoms with Gasteiger partial charge in [0.05, 0.1) is 0 Å². The molecule has 202 valence electrons. The van der Waals surface area contributed by atoms with Crippen molar-refractivity contribution in [1.29, 1.82) is 0 Å². The minimum absolute atomic E-state index is 0.779. The molecule has 1 saturated carbocycles. The van der Waals surface area contributed by atoms with Crippen LogP contribution in [0.1, 0.15) is 146 Å². The standard InChI is InChI=1S/C37H54/c1-3-5-6-7-8-9-10-11-13-31-16-20-33(21-17-31)35-24-28-37(29-25-35)36-26-22-34(23-27-36)32-18-14-30(12-4-2)15-19-32/h18,22-31,33H,3-17,19-21H2,1-2H3/t30?,31-,33-. The summed E-state index contributed by atoms with van der Waals surface area (Å²) in [6.45, 7) is 4.62. The Kier molecular flexibility index (Phi) is 11.9. The second-order valence-corrected chi connectivity index (χ2v) is 12.3. The predicted octanol–water partition coefficient (Wildman–Crippen LogP) is 12.1. The normalized spacial score (nSPS) is 22.1. The van der Waals surface area contributed by atoms with Crippen molar-refractivity contribution in [3.8, 4) is 11.1 Å². The van der Waals surface area contributed by atoms with Crippen LogP contribution in [0, 0.1) is 11.8 Å². The molecule has 0 radical (unpaired) electrons. The van der Waals surface area contributed by atoms with E-state index in [-0.39, 0.29) is 0 Å². The van der Waals surface area contributed by atoms with Crippen LogP contribution in [0.4, 0.5) is 0 Å². The van der Waals surface area contributed by atoms with Gasteiger partial charge in [0.25, 0.3) is 0 Å². The summed E-state index contributed by atoms with van der Waals surface area (Å²) in [5.41, 5.74) is 7.27. The fourth-order valence-electron chi connectivity index (χ4n) is 7.00. The molecule has 2 aliphatic rings. The molecule has 1 unspecified atom stereocenters. The van der Waals surface area contributed by atoms with Crippen LogP contribution < -0.4 is 0 Å². The Balaban J connectivity index is 1.18. The van der Waals surface area contributed by atoms with E-state index < -0.39 is 0 Å². The zero-order valence-electron chi connectivity index (χ0n) is 24.2. The van der Waals surface area contributed by atoms with Gasteiger partial charge < -0.3 is 0 Å². The van der Waals surface area contributed by atoms with Gasteiger partial charge in [-0.3, -0.25) is 0 Å². The maximum Gasteiger partial charge on any atom is -0.0162 e. The fraction of sp³-hybridized carbons (Fsp3) is 0.622. The molecule has 0 nitrogen and oxygen atoms in total. The summed E-state index contributed by atoms with van der Waals surface area (Å²) in [5.74, 6) is 2.68. The summed E-state index contributed by atoms with van der Waals surface area (Å²) in [6.07, 6.45) is 27.8. The van der Waals surface area contributed by atoms with E-state index in [1.807, 2.05) is 0 Å². The highest BCUT2D eigenvalue weighted by Gasteiger charge is 2.22. The quantitative estimate of drug-likeness (QED) is 0.227. The van der Waals surface area contributed by atoms with Crippen molar-refractivity contribution in [3.05, 3.63) is 65.7 Å². The first-order valence-electron chi connectivity index (χ1n) is 16.2. The zero-order chi connectivity index (χ0) is 25.7. The first kappa shape index (κ1) is 28.2. The summed E-state index contributed by atoms with van der Waals surface area (Å²) < 4.78 is 0. The molecule has 2 aromatic carbocycles. The Morgan fingerprint density at radius 2 is 1.14 bits per heavy atom. The molecule has 4 rings (SSSR count). The highest BCUT2D eigenvalue weighted by atomic mass is 14.3. The maximum atomic E-state index is 2.51. The molecule has 0 N–H and O–H groups in total. The first-order valence-corrected chi connectivity index (χ1v) is 16.2. The van der Waals surface area contributed by atoms with Crippen molar-refractivity contribution in [1.82, 2.24) is 0 Å². The van der Waals surface area contributed by atoms with E-state index in [0.29, 0.717) is 0 Å². The molecule has 0 aliphatic heterocycles. The van der Waals surface area contributed by atoms with Gasteiger partial charge >= 0.3 is 0 Å². The van der Waals surface area contributed by atoms with E-state index in [4.69, 9.17) is 0 Å². The van der Waals surface area contributed by atoms with Crippen molar-refractivity contribution < 1.29 is 0 Å². The molecule has 0 spiro atoms. The number of rotatable bonds is 14. The lowest BCUT2D eigenvalue weighted by Gasteiger charge is -2.29. The van der Waals surface area contributed by atoms with Crippen molar-refractivity contribution in [2.75, 3.05) is 0 Å². The Morgan fingerprint density at radius 1 is 0.541 bits per heavy atom. The first-order chi connectivity index (χ1) is 18.3. The molecule has 0 saturated heterocycles. The average Bonchev–Trinajstić information content (AvgIpc) is 2.96. The largest absolute Gasteiger partial charge is 0.0804 e. The lowest BCUT2D eigenvalue weighted by Crippen LogP contribution is -2.13. The van der Waals surface area contributed by atoms with Crippen molar-refractivity contribution in [3.63, 3.8) is 0 Å². The second-order valence-electron chi connectivity index (χ2n) is 12.3. The Bertz CT molecular complexity index is 908. The summed E-state index contributed by atoms with van der Waals surface area (Å²) in [5, 5.41) is 0. The monoisotopic (exact) mass is 498 g/mol. The lowest BCUT2D eigenvalue weighted by molar-refractivity contribution is 0.302. The molecule has 0 aromatic heterocycles. The summed E-state index contributed by atoms with van der Waals surface area (Å²) in [4.78, 5) is 0. The van der Waals surface area contributed by atoms with Gasteiger partial charge in [0.15, 0.2) is 0 Å². The van der Waals surface area contributed by atoms with Crippen LogP contribution in [0.5, 0.6) is 0 Å². The number of hydrogen-bond donors (Lipinski definition) is 0. The van der Waals surface area contributed by atoms with E-state index in [2.05, 4.69) is 68.5 Å². The molecule has 37 heavy (non-hydrogen) atoms. The molecule has 2 aliphatic carbocycles. The third-order valence-electron chi connectivity index (χ3n) is 9.50.